The number of primary amides is 1. The highest BCUT2D eigenvalue weighted by atomic mass is 16.4. The van der Waals surface area contributed by atoms with Crippen LogP contribution >= 0.6 is 0 Å². The molecule has 4 N–H and O–H groups in total. The first-order valence-electron chi connectivity index (χ1n) is 4.18. The third kappa shape index (κ3) is 24.5. The lowest BCUT2D eigenvalue weighted by Gasteiger charge is -1.95. The second-order valence-corrected chi connectivity index (χ2v) is 3.07. The first-order valence-corrected chi connectivity index (χ1v) is 4.18. The van der Waals surface area contributed by atoms with Crippen LogP contribution in [0.3, 0.4) is 0 Å². The van der Waals surface area contributed by atoms with Gasteiger partial charge >= 0.3 is 11.9 Å². The summed E-state index contributed by atoms with van der Waals surface area (Å²) in [4.78, 5) is 29.1. The summed E-state index contributed by atoms with van der Waals surface area (Å²) in [6, 6.07) is 0. The van der Waals surface area contributed by atoms with Gasteiger partial charge in [0, 0.05) is 18.6 Å². The number of carboxylic acids is 2. The van der Waals surface area contributed by atoms with Gasteiger partial charge in [-0.3, -0.25) is 4.79 Å². The number of hydrogen-bond acceptors (Lipinski definition) is 3. The van der Waals surface area contributed by atoms with Crippen LogP contribution < -0.4 is 5.73 Å². The van der Waals surface area contributed by atoms with Crippen LogP contribution in [-0.2, 0) is 14.4 Å². The topological polar surface area (TPSA) is 118 Å². The Kier molecular flexibility index (Phi) is 9.09. The summed E-state index contributed by atoms with van der Waals surface area (Å²) in [5.41, 5.74) is 4.85. The van der Waals surface area contributed by atoms with Crippen LogP contribution in [0.25, 0.3) is 0 Å². The SMILES string of the molecule is CC(C)CC(N)=O.O=C(O)C=CC(=O)O. The van der Waals surface area contributed by atoms with Crippen molar-refractivity contribution in [3.05, 3.63) is 12.2 Å². The van der Waals surface area contributed by atoms with Gasteiger partial charge in [-0.05, 0) is 5.92 Å². The van der Waals surface area contributed by atoms with Gasteiger partial charge in [0.15, 0.2) is 0 Å². The van der Waals surface area contributed by atoms with E-state index in [1.807, 2.05) is 13.8 Å². The molecule has 0 aromatic rings. The quantitative estimate of drug-likeness (QED) is 0.582. The summed E-state index contributed by atoms with van der Waals surface area (Å²) in [5.74, 6) is -2.33. The molecule has 0 saturated heterocycles. The van der Waals surface area contributed by atoms with Gasteiger partial charge in [0.25, 0.3) is 0 Å². The normalized spacial score (nSPS) is 9.53. The van der Waals surface area contributed by atoms with Gasteiger partial charge < -0.3 is 15.9 Å². The maximum absolute atomic E-state index is 10.0. The monoisotopic (exact) mass is 217 g/mol. The van der Waals surface area contributed by atoms with Crippen LogP contribution in [0, 0.1) is 5.92 Å². The molecule has 0 aromatic carbocycles. The summed E-state index contributed by atoms with van der Waals surface area (Å²) in [6.07, 6.45) is 1.62. The molecule has 0 radical (unpaired) electrons. The highest BCUT2D eigenvalue weighted by Gasteiger charge is 1.96. The molecule has 0 unspecified atom stereocenters. The van der Waals surface area contributed by atoms with Crippen molar-refractivity contribution >= 4 is 17.8 Å². The zero-order valence-electron chi connectivity index (χ0n) is 8.64. The number of carbonyl (C=O) groups is 3. The zero-order valence-corrected chi connectivity index (χ0v) is 8.64. The number of nitrogens with two attached hydrogens (primary N) is 1. The third-order valence-corrected chi connectivity index (χ3v) is 0.978. The molecule has 6 heteroatoms. The maximum Gasteiger partial charge on any atom is 0.328 e. The minimum Gasteiger partial charge on any atom is -0.478 e. The van der Waals surface area contributed by atoms with Gasteiger partial charge in [-0.15, -0.1) is 0 Å². The van der Waals surface area contributed by atoms with Gasteiger partial charge in [-0.1, -0.05) is 13.8 Å². The number of hydrogen-bond donors (Lipinski definition) is 3. The molecule has 0 rings (SSSR count). The van der Waals surface area contributed by atoms with Crippen molar-refractivity contribution in [1.29, 1.82) is 0 Å². The average Bonchev–Trinajstić information content (AvgIpc) is 1.99. The molecule has 0 aromatic heterocycles. The maximum atomic E-state index is 10.0. The van der Waals surface area contributed by atoms with E-state index in [2.05, 4.69) is 0 Å². The molecular formula is C9H15NO5. The van der Waals surface area contributed by atoms with Crippen molar-refractivity contribution in [3.8, 4) is 0 Å². The molecule has 1 amide bonds. The number of amides is 1. The Morgan fingerprint density at radius 1 is 1.13 bits per heavy atom. The van der Waals surface area contributed by atoms with Gasteiger partial charge in [0.1, 0.15) is 0 Å². The van der Waals surface area contributed by atoms with E-state index in [0.29, 0.717) is 24.5 Å². The second kappa shape index (κ2) is 8.74. The standard InChI is InChI=1S/C5H11NO.C4H4O4/c1-4(2)3-5(6)7;5-3(6)1-2-4(7)8/h4H,3H2,1-2H3,(H2,6,7);1-2H,(H,5,6)(H,7,8). The predicted octanol–water partition coefficient (Wildman–Crippen LogP) is 0.230. The molecule has 0 heterocycles. The van der Waals surface area contributed by atoms with Gasteiger partial charge in [-0.25, -0.2) is 9.59 Å². The van der Waals surface area contributed by atoms with E-state index in [9.17, 15) is 14.4 Å². The fourth-order valence-corrected chi connectivity index (χ4v) is 0.545. The van der Waals surface area contributed by atoms with Crippen molar-refractivity contribution in [3.63, 3.8) is 0 Å². The third-order valence-electron chi connectivity index (χ3n) is 0.978. The van der Waals surface area contributed by atoms with E-state index in [1.165, 1.54) is 0 Å². The number of aliphatic carboxylic acids is 2. The molecule has 86 valence electrons. The van der Waals surface area contributed by atoms with Crippen LogP contribution in [0.2, 0.25) is 0 Å². The molecule has 15 heavy (non-hydrogen) atoms. The lowest BCUT2D eigenvalue weighted by molar-refractivity contribution is -0.134. The molecule has 0 atom stereocenters. The molecule has 0 bridgehead atoms. The van der Waals surface area contributed by atoms with Crippen molar-refractivity contribution < 1.29 is 24.6 Å². The minimum atomic E-state index is -1.26. The lowest BCUT2D eigenvalue weighted by Crippen LogP contribution is -2.12. The Labute approximate surface area is 87.4 Å². The second-order valence-electron chi connectivity index (χ2n) is 3.07. The predicted molar refractivity (Wildman–Crippen MR) is 53.1 cm³/mol. The molecule has 0 saturated carbocycles. The highest BCUT2D eigenvalue weighted by Crippen LogP contribution is 1.95. The van der Waals surface area contributed by atoms with Crippen molar-refractivity contribution in [2.45, 2.75) is 20.3 Å². The van der Waals surface area contributed by atoms with Crippen LogP contribution in [0.1, 0.15) is 20.3 Å². The average molecular weight is 217 g/mol. The van der Waals surface area contributed by atoms with Gasteiger partial charge in [0.2, 0.25) is 5.91 Å². The van der Waals surface area contributed by atoms with Gasteiger partial charge in [0.05, 0.1) is 0 Å². The van der Waals surface area contributed by atoms with Crippen molar-refractivity contribution in [2.24, 2.45) is 11.7 Å². The summed E-state index contributed by atoms with van der Waals surface area (Å²) < 4.78 is 0. The Bertz CT molecular complexity index is 241. The molecule has 0 fully saturated rings. The first kappa shape index (κ1) is 15.6. The summed E-state index contributed by atoms with van der Waals surface area (Å²) in [7, 11) is 0. The zero-order chi connectivity index (χ0) is 12.4. The largest absolute Gasteiger partial charge is 0.478 e. The smallest absolute Gasteiger partial charge is 0.328 e. The van der Waals surface area contributed by atoms with Gasteiger partial charge in [-0.2, -0.15) is 0 Å². The van der Waals surface area contributed by atoms with Crippen LogP contribution in [0.15, 0.2) is 12.2 Å². The molecule has 6 nitrogen and oxygen atoms in total. The summed E-state index contributed by atoms with van der Waals surface area (Å²) in [5, 5.41) is 15.6. The number of carbonyl (C=O) groups excluding carboxylic acids is 1. The lowest BCUT2D eigenvalue weighted by atomic mass is 10.1. The van der Waals surface area contributed by atoms with Crippen LogP contribution in [-0.4, -0.2) is 28.1 Å². The summed E-state index contributed by atoms with van der Waals surface area (Å²) >= 11 is 0. The minimum absolute atomic E-state index is 0.213. The Morgan fingerprint density at radius 3 is 1.53 bits per heavy atom. The fraction of sp³-hybridized carbons (Fsp3) is 0.444. The molecule has 0 aliphatic heterocycles. The molecule has 0 spiro atoms. The molecular weight excluding hydrogens is 202 g/mol. The Morgan fingerprint density at radius 2 is 1.47 bits per heavy atom. The Balaban J connectivity index is 0. The van der Waals surface area contributed by atoms with Crippen molar-refractivity contribution in [1.82, 2.24) is 0 Å². The summed E-state index contributed by atoms with van der Waals surface area (Å²) in [6.45, 7) is 3.93. The first-order chi connectivity index (χ1) is 6.75. The molecule has 0 aliphatic rings. The van der Waals surface area contributed by atoms with Crippen LogP contribution in [0.5, 0.6) is 0 Å². The van der Waals surface area contributed by atoms with Crippen LogP contribution in [0.4, 0.5) is 0 Å². The van der Waals surface area contributed by atoms with E-state index in [4.69, 9.17) is 15.9 Å². The Hall–Kier alpha value is -1.85. The van der Waals surface area contributed by atoms with E-state index in [1.54, 1.807) is 0 Å². The van der Waals surface area contributed by atoms with E-state index in [-0.39, 0.29) is 5.91 Å². The van der Waals surface area contributed by atoms with E-state index in [0.717, 1.165) is 0 Å². The van der Waals surface area contributed by atoms with E-state index < -0.39 is 11.9 Å². The number of rotatable bonds is 4. The van der Waals surface area contributed by atoms with E-state index >= 15 is 0 Å². The highest BCUT2D eigenvalue weighted by molar-refractivity contribution is 5.89. The number of carboxylic acid groups (broad SMARTS) is 2. The fourth-order valence-electron chi connectivity index (χ4n) is 0.545. The van der Waals surface area contributed by atoms with Crippen molar-refractivity contribution in [2.75, 3.05) is 0 Å². The molecule has 0 aliphatic carbocycles.